The van der Waals surface area contributed by atoms with Gasteiger partial charge in [-0.15, -0.1) is 0 Å². The standard InChI is InChI=1S/C9H18O2.C8H16O2/c1-7(5-8(10)11)6-9(2,3)4;1-2-3-4-5-6-7-8(9)10/h7H,5-6H2,1-4H3,(H,10,11);2-7H2,1H3,(H,9,10). The molecule has 0 rings (SSSR count). The highest BCUT2D eigenvalue weighted by Crippen LogP contribution is 2.25. The first-order valence-corrected chi connectivity index (χ1v) is 8.02. The number of rotatable bonds is 9. The molecule has 1 unspecified atom stereocenters. The Labute approximate surface area is 129 Å². The summed E-state index contributed by atoms with van der Waals surface area (Å²) >= 11 is 0. The highest BCUT2D eigenvalue weighted by atomic mass is 16.4. The lowest BCUT2D eigenvalue weighted by Gasteiger charge is -2.21. The Morgan fingerprint density at radius 1 is 0.952 bits per heavy atom. The minimum Gasteiger partial charge on any atom is -0.481 e. The molecule has 0 aliphatic carbocycles. The number of carbonyl (C=O) groups is 2. The van der Waals surface area contributed by atoms with E-state index in [4.69, 9.17) is 10.2 Å². The van der Waals surface area contributed by atoms with Gasteiger partial charge in [-0.2, -0.15) is 0 Å². The van der Waals surface area contributed by atoms with Crippen molar-refractivity contribution in [2.75, 3.05) is 0 Å². The molecule has 0 saturated carbocycles. The van der Waals surface area contributed by atoms with E-state index in [-0.39, 0.29) is 17.8 Å². The van der Waals surface area contributed by atoms with Gasteiger partial charge in [-0.25, -0.2) is 0 Å². The van der Waals surface area contributed by atoms with Gasteiger partial charge >= 0.3 is 11.9 Å². The van der Waals surface area contributed by atoms with Crippen molar-refractivity contribution in [3.05, 3.63) is 0 Å². The Bertz CT molecular complexity index is 279. The maximum absolute atomic E-state index is 10.3. The third-order valence-corrected chi connectivity index (χ3v) is 2.98. The summed E-state index contributed by atoms with van der Waals surface area (Å²) in [4.78, 5) is 20.3. The molecule has 0 amide bonds. The monoisotopic (exact) mass is 302 g/mol. The number of carboxylic acids is 2. The third-order valence-electron chi connectivity index (χ3n) is 2.98. The maximum Gasteiger partial charge on any atom is 0.303 e. The zero-order valence-electron chi connectivity index (χ0n) is 14.4. The van der Waals surface area contributed by atoms with Gasteiger partial charge in [0, 0.05) is 12.8 Å². The zero-order chi connectivity index (χ0) is 16.9. The normalized spacial score (nSPS) is 12.2. The van der Waals surface area contributed by atoms with Crippen LogP contribution in [0.15, 0.2) is 0 Å². The van der Waals surface area contributed by atoms with Gasteiger partial charge < -0.3 is 10.2 Å². The second kappa shape index (κ2) is 12.7. The molecule has 0 aliphatic heterocycles. The van der Waals surface area contributed by atoms with Crippen LogP contribution >= 0.6 is 0 Å². The molecule has 4 heteroatoms. The van der Waals surface area contributed by atoms with Crippen molar-refractivity contribution in [1.29, 1.82) is 0 Å². The van der Waals surface area contributed by atoms with Gasteiger partial charge in [-0.3, -0.25) is 9.59 Å². The van der Waals surface area contributed by atoms with Crippen LogP contribution in [0.3, 0.4) is 0 Å². The van der Waals surface area contributed by atoms with E-state index in [0.29, 0.717) is 6.42 Å². The molecule has 0 fully saturated rings. The SMILES string of the molecule is CC(CC(=O)O)CC(C)(C)C.CCCCCCCC(=O)O. The molecule has 0 aromatic carbocycles. The molecule has 0 heterocycles. The summed E-state index contributed by atoms with van der Waals surface area (Å²) in [5.41, 5.74) is 0.245. The molecule has 1 atom stereocenters. The van der Waals surface area contributed by atoms with Crippen molar-refractivity contribution in [2.45, 2.75) is 86.0 Å². The van der Waals surface area contributed by atoms with Gasteiger partial charge in [0.25, 0.3) is 0 Å². The van der Waals surface area contributed by atoms with Crippen LogP contribution in [-0.4, -0.2) is 22.2 Å². The van der Waals surface area contributed by atoms with Gasteiger partial charge in [0.1, 0.15) is 0 Å². The number of carboxylic acid groups (broad SMARTS) is 2. The molecule has 0 bridgehead atoms. The first kappa shape index (κ1) is 22.2. The average molecular weight is 302 g/mol. The molecule has 0 radical (unpaired) electrons. The Morgan fingerprint density at radius 3 is 1.86 bits per heavy atom. The van der Waals surface area contributed by atoms with E-state index in [1.165, 1.54) is 19.3 Å². The molecular formula is C17H34O4. The number of hydrogen-bond donors (Lipinski definition) is 2. The Balaban J connectivity index is 0. The summed E-state index contributed by atoms with van der Waals surface area (Å²) in [6.45, 7) is 10.5. The van der Waals surface area contributed by atoms with Crippen LogP contribution in [0, 0.1) is 11.3 Å². The van der Waals surface area contributed by atoms with Crippen LogP contribution in [0.1, 0.15) is 86.0 Å². The summed E-state index contributed by atoms with van der Waals surface area (Å²) in [5.74, 6) is -1.08. The number of unbranched alkanes of at least 4 members (excludes halogenated alkanes) is 4. The first-order valence-electron chi connectivity index (χ1n) is 8.02. The lowest BCUT2D eigenvalue weighted by molar-refractivity contribution is -0.138. The Hall–Kier alpha value is -1.06. The fourth-order valence-corrected chi connectivity index (χ4v) is 2.30. The molecule has 0 saturated heterocycles. The van der Waals surface area contributed by atoms with Crippen LogP contribution in [-0.2, 0) is 9.59 Å². The van der Waals surface area contributed by atoms with Gasteiger partial charge in [0.05, 0.1) is 0 Å². The van der Waals surface area contributed by atoms with E-state index in [0.717, 1.165) is 19.3 Å². The topological polar surface area (TPSA) is 74.6 Å². The van der Waals surface area contributed by atoms with Crippen LogP contribution < -0.4 is 0 Å². The summed E-state index contributed by atoms with van der Waals surface area (Å²) in [6.07, 6.45) is 7.15. The van der Waals surface area contributed by atoms with Crippen molar-refractivity contribution in [2.24, 2.45) is 11.3 Å². The van der Waals surface area contributed by atoms with Crippen molar-refractivity contribution in [3.8, 4) is 0 Å². The van der Waals surface area contributed by atoms with E-state index in [2.05, 4.69) is 27.7 Å². The smallest absolute Gasteiger partial charge is 0.303 e. The zero-order valence-corrected chi connectivity index (χ0v) is 14.4. The number of aliphatic carboxylic acids is 2. The van der Waals surface area contributed by atoms with E-state index < -0.39 is 11.9 Å². The highest BCUT2D eigenvalue weighted by Gasteiger charge is 2.16. The molecule has 0 aromatic rings. The van der Waals surface area contributed by atoms with E-state index in [1.807, 2.05) is 6.92 Å². The van der Waals surface area contributed by atoms with E-state index in [1.54, 1.807) is 0 Å². The molecular weight excluding hydrogens is 268 g/mol. The summed E-state index contributed by atoms with van der Waals surface area (Å²) < 4.78 is 0. The van der Waals surface area contributed by atoms with Gasteiger partial charge in [0.2, 0.25) is 0 Å². The lowest BCUT2D eigenvalue weighted by Crippen LogP contribution is -2.13. The van der Waals surface area contributed by atoms with Crippen LogP contribution in [0.4, 0.5) is 0 Å². The van der Waals surface area contributed by atoms with Crippen molar-refractivity contribution < 1.29 is 19.8 Å². The first-order chi connectivity index (χ1) is 9.58. The van der Waals surface area contributed by atoms with Crippen molar-refractivity contribution in [3.63, 3.8) is 0 Å². The maximum atomic E-state index is 10.3. The fourth-order valence-electron chi connectivity index (χ4n) is 2.30. The molecule has 4 nitrogen and oxygen atoms in total. The van der Waals surface area contributed by atoms with Crippen molar-refractivity contribution >= 4 is 11.9 Å². The van der Waals surface area contributed by atoms with Crippen LogP contribution in [0.2, 0.25) is 0 Å². The predicted octanol–water partition coefficient (Wildman–Crippen LogP) is 4.96. The van der Waals surface area contributed by atoms with Gasteiger partial charge in [0.15, 0.2) is 0 Å². The predicted molar refractivity (Wildman–Crippen MR) is 86.5 cm³/mol. The largest absolute Gasteiger partial charge is 0.481 e. The number of hydrogen-bond acceptors (Lipinski definition) is 2. The van der Waals surface area contributed by atoms with Crippen LogP contribution in [0.25, 0.3) is 0 Å². The second-order valence-corrected chi connectivity index (χ2v) is 7.03. The van der Waals surface area contributed by atoms with Gasteiger partial charge in [-0.05, 0) is 24.2 Å². The summed E-state index contributed by atoms with van der Waals surface area (Å²) in [7, 11) is 0. The lowest BCUT2D eigenvalue weighted by atomic mass is 9.84. The molecule has 126 valence electrons. The highest BCUT2D eigenvalue weighted by molar-refractivity contribution is 5.67. The molecule has 2 N–H and O–H groups in total. The summed E-state index contributed by atoms with van der Waals surface area (Å²) in [5, 5.41) is 16.8. The van der Waals surface area contributed by atoms with E-state index in [9.17, 15) is 9.59 Å². The fraction of sp³-hybridized carbons (Fsp3) is 0.882. The quantitative estimate of drug-likeness (QED) is 0.590. The van der Waals surface area contributed by atoms with Gasteiger partial charge in [-0.1, -0.05) is 60.3 Å². The van der Waals surface area contributed by atoms with E-state index >= 15 is 0 Å². The second-order valence-electron chi connectivity index (χ2n) is 7.03. The van der Waals surface area contributed by atoms with Crippen LogP contribution in [0.5, 0.6) is 0 Å². The Morgan fingerprint density at radius 2 is 1.48 bits per heavy atom. The summed E-state index contributed by atoms with van der Waals surface area (Å²) in [6, 6.07) is 0. The third kappa shape index (κ3) is 24.4. The minimum atomic E-state index is -0.693. The minimum absolute atomic E-state index is 0.245. The average Bonchev–Trinajstić information content (AvgIpc) is 2.25. The molecule has 0 spiro atoms. The van der Waals surface area contributed by atoms with Crippen molar-refractivity contribution in [1.82, 2.24) is 0 Å². The Kier molecular flexibility index (Phi) is 13.4. The molecule has 21 heavy (non-hydrogen) atoms. The molecule has 0 aromatic heterocycles. The molecule has 0 aliphatic rings.